The average Bonchev–Trinajstić information content (AvgIpc) is 2.39. The SMILES string of the molecule is CCC(CC)CNC(=O)c1cc(C)ccc1NC. The highest BCUT2D eigenvalue weighted by atomic mass is 16.1. The fourth-order valence-corrected chi connectivity index (χ4v) is 1.97. The summed E-state index contributed by atoms with van der Waals surface area (Å²) in [6.07, 6.45) is 2.20. The van der Waals surface area contributed by atoms with Gasteiger partial charge < -0.3 is 10.6 Å². The second-order valence-electron chi connectivity index (χ2n) is 4.69. The minimum absolute atomic E-state index is 0.00921. The van der Waals surface area contributed by atoms with Crippen molar-refractivity contribution in [2.75, 3.05) is 18.9 Å². The summed E-state index contributed by atoms with van der Waals surface area (Å²) in [5, 5.41) is 6.08. The van der Waals surface area contributed by atoms with E-state index < -0.39 is 0 Å². The first-order chi connectivity index (χ1) is 8.62. The predicted octanol–water partition coefficient (Wildman–Crippen LogP) is 3.20. The summed E-state index contributed by atoms with van der Waals surface area (Å²) >= 11 is 0. The van der Waals surface area contributed by atoms with Gasteiger partial charge in [-0.3, -0.25) is 4.79 Å². The number of rotatable bonds is 6. The van der Waals surface area contributed by atoms with E-state index in [-0.39, 0.29) is 5.91 Å². The Morgan fingerprint density at radius 3 is 2.50 bits per heavy atom. The molecule has 1 amide bonds. The maximum absolute atomic E-state index is 12.2. The van der Waals surface area contributed by atoms with Crippen LogP contribution < -0.4 is 10.6 Å². The van der Waals surface area contributed by atoms with E-state index in [1.54, 1.807) is 0 Å². The smallest absolute Gasteiger partial charge is 0.253 e. The van der Waals surface area contributed by atoms with Crippen molar-refractivity contribution in [2.45, 2.75) is 33.6 Å². The number of carbonyl (C=O) groups excluding carboxylic acids is 1. The lowest BCUT2D eigenvalue weighted by molar-refractivity contribution is 0.0947. The van der Waals surface area contributed by atoms with E-state index in [1.165, 1.54) is 0 Å². The Balaban J connectivity index is 2.74. The lowest BCUT2D eigenvalue weighted by atomic mass is 10.0. The largest absolute Gasteiger partial charge is 0.387 e. The molecule has 0 saturated heterocycles. The molecule has 18 heavy (non-hydrogen) atoms. The summed E-state index contributed by atoms with van der Waals surface area (Å²) < 4.78 is 0. The number of anilines is 1. The molecule has 3 nitrogen and oxygen atoms in total. The van der Waals surface area contributed by atoms with E-state index in [2.05, 4.69) is 24.5 Å². The van der Waals surface area contributed by atoms with Crippen LogP contribution in [0.1, 0.15) is 42.6 Å². The van der Waals surface area contributed by atoms with Crippen molar-refractivity contribution in [3.05, 3.63) is 29.3 Å². The standard InChI is InChI=1S/C15H24N2O/c1-5-12(6-2)10-17-15(18)13-9-11(3)7-8-14(13)16-4/h7-9,12,16H,5-6,10H2,1-4H3,(H,17,18). The van der Waals surface area contributed by atoms with Gasteiger partial charge in [0.1, 0.15) is 0 Å². The van der Waals surface area contributed by atoms with Crippen LogP contribution in [0.4, 0.5) is 5.69 Å². The molecule has 0 spiro atoms. The summed E-state index contributed by atoms with van der Waals surface area (Å²) in [5.74, 6) is 0.576. The summed E-state index contributed by atoms with van der Waals surface area (Å²) in [7, 11) is 1.84. The Kier molecular flexibility index (Phi) is 5.69. The third kappa shape index (κ3) is 3.76. The first kappa shape index (κ1) is 14.6. The second-order valence-corrected chi connectivity index (χ2v) is 4.69. The van der Waals surface area contributed by atoms with E-state index in [1.807, 2.05) is 32.2 Å². The van der Waals surface area contributed by atoms with Crippen molar-refractivity contribution in [1.29, 1.82) is 0 Å². The van der Waals surface area contributed by atoms with Crippen LogP contribution in [0.5, 0.6) is 0 Å². The molecule has 1 aromatic rings. The van der Waals surface area contributed by atoms with E-state index in [0.29, 0.717) is 5.92 Å². The van der Waals surface area contributed by atoms with Gasteiger partial charge in [-0.05, 0) is 25.0 Å². The van der Waals surface area contributed by atoms with Gasteiger partial charge in [-0.2, -0.15) is 0 Å². The number of carbonyl (C=O) groups is 1. The molecule has 0 saturated carbocycles. The van der Waals surface area contributed by atoms with Crippen molar-refractivity contribution in [1.82, 2.24) is 5.32 Å². The lowest BCUT2D eigenvalue weighted by Crippen LogP contribution is -2.29. The molecule has 0 bridgehead atoms. The van der Waals surface area contributed by atoms with Gasteiger partial charge in [0.15, 0.2) is 0 Å². The quantitative estimate of drug-likeness (QED) is 0.811. The van der Waals surface area contributed by atoms with Crippen molar-refractivity contribution in [3.63, 3.8) is 0 Å². The summed E-state index contributed by atoms with van der Waals surface area (Å²) in [6, 6.07) is 5.87. The van der Waals surface area contributed by atoms with Crippen molar-refractivity contribution >= 4 is 11.6 Å². The Morgan fingerprint density at radius 2 is 1.94 bits per heavy atom. The van der Waals surface area contributed by atoms with Gasteiger partial charge >= 0.3 is 0 Å². The van der Waals surface area contributed by atoms with Crippen molar-refractivity contribution < 1.29 is 4.79 Å². The topological polar surface area (TPSA) is 41.1 Å². The van der Waals surface area contributed by atoms with Crippen LogP contribution in [0.3, 0.4) is 0 Å². The number of hydrogen-bond acceptors (Lipinski definition) is 2. The average molecular weight is 248 g/mol. The van der Waals surface area contributed by atoms with Gasteiger partial charge in [0, 0.05) is 19.3 Å². The first-order valence-electron chi connectivity index (χ1n) is 6.68. The molecule has 3 heteroatoms. The van der Waals surface area contributed by atoms with Crippen LogP contribution in [0, 0.1) is 12.8 Å². The minimum Gasteiger partial charge on any atom is -0.387 e. The molecule has 1 aromatic carbocycles. The van der Waals surface area contributed by atoms with Gasteiger partial charge in [0.2, 0.25) is 0 Å². The fourth-order valence-electron chi connectivity index (χ4n) is 1.97. The normalized spacial score (nSPS) is 10.5. The maximum atomic E-state index is 12.2. The highest BCUT2D eigenvalue weighted by Crippen LogP contribution is 2.17. The van der Waals surface area contributed by atoms with E-state index in [4.69, 9.17) is 0 Å². The molecule has 0 heterocycles. The fraction of sp³-hybridized carbons (Fsp3) is 0.533. The Morgan fingerprint density at radius 1 is 1.28 bits per heavy atom. The molecule has 0 aromatic heterocycles. The Hall–Kier alpha value is -1.51. The Labute approximate surface area is 110 Å². The maximum Gasteiger partial charge on any atom is 0.253 e. The molecule has 0 atom stereocenters. The Bertz CT molecular complexity index is 397. The molecule has 0 radical (unpaired) electrons. The first-order valence-corrected chi connectivity index (χ1v) is 6.68. The van der Waals surface area contributed by atoms with Gasteiger partial charge in [-0.1, -0.05) is 38.3 Å². The van der Waals surface area contributed by atoms with Crippen LogP contribution in [-0.2, 0) is 0 Å². The zero-order valence-electron chi connectivity index (χ0n) is 11.8. The van der Waals surface area contributed by atoms with Gasteiger partial charge in [0.05, 0.1) is 5.56 Å². The molecular weight excluding hydrogens is 224 g/mol. The third-order valence-electron chi connectivity index (χ3n) is 3.40. The predicted molar refractivity (Wildman–Crippen MR) is 77.1 cm³/mol. The number of hydrogen-bond donors (Lipinski definition) is 2. The molecule has 0 unspecified atom stereocenters. The molecule has 0 aliphatic rings. The van der Waals surface area contributed by atoms with Crippen LogP contribution in [0.2, 0.25) is 0 Å². The zero-order valence-corrected chi connectivity index (χ0v) is 11.8. The van der Waals surface area contributed by atoms with E-state index >= 15 is 0 Å². The lowest BCUT2D eigenvalue weighted by Gasteiger charge is -2.15. The second kappa shape index (κ2) is 7.04. The highest BCUT2D eigenvalue weighted by Gasteiger charge is 2.12. The van der Waals surface area contributed by atoms with Crippen LogP contribution in [0.25, 0.3) is 0 Å². The molecular formula is C15H24N2O. The van der Waals surface area contributed by atoms with Crippen LogP contribution in [-0.4, -0.2) is 19.5 Å². The van der Waals surface area contributed by atoms with E-state index in [0.717, 1.165) is 36.2 Å². The van der Waals surface area contributed by atoms with Crippen LogP contribution >= 0.6 is 0 Å². The number of amides is 1. The van der Waals surface area contributed by atoms with Crippen LogP contribution in [0.15, 0.2) is 18.2 Å². The molecule has 0 fully saturated rings. The number of benzene rings is 1. The zero-order chi connectivity index (χ0) is 13.5. The molecule has 0 aliphatic heterocycles. The summed E-state index contributed by atoms with van der Waals surface area (Å²) in [6.45, 7) is 7.07. The molecule has 100 valence electrons. The van der Waals surface area contributed by atoms with Crippen molar-refractivity contribution in [2.24, 2.45) is 5.92 Å². The molecule has 2 N–H and O–H groups in total. The number of aryl methyl sites for hydroxylation is 1. The molecule has 0 aliphatic carbocycles. The monoisotopic (exact) mass is 248 g/mol. The van der Waals surface area contributed by atoms with Crippen molar-refractivity contribution in [3.8, 4) is 0 Å². The van der Waals surface area contributed by atoms with Gasteiger partial charge in [-0.25, -0.2) is 0 Å². The van der Waals surface area contributed by atoms with Gasteiger partial charge in [0.25, 0.3) is 5.91 Å². The minimum atomic E-state index is 0.00921. The third-order valence-corrected chi connectivity index (χ3v) is 3.40. The summed E-state index contributed by atoms with van der Waals surface area (Å²) in [5.41, 5.74) is 2.70. The molecule has 1 rings (SSSR count). The van der Waals surface area contributed by atoms with Gasteiger partial charge in [-0.15, -0.1) is 0 Å². The van der Waals surface area contributed by atoms with E-state index in [9.17, 15) is 4.79 Å². The number of nitrogens with one attached hydrogen (secondary N) is 2. The highest BCUT2D eigenvalue weighted by molar-refractivity contribution is 5.99. The summed E-state index contributed by atoms with van der Waals surface area (Å²) in [4.78, 5) is 12.2.